The van der Waals surface area contributed by atoms with Crippen molar-refractivity contribution in [3.05, 3.63) is 30.3 Å². The molecule has 0 aliphatic heterocycles. The van der Waals surface area contributed by atoms with Crippen molar-refractivity contribution in [2.75, 3.05) is 5.32 Å². The highest BCUT2D eigenvalue weighted by atomic mass is 32.1. The quantitative estimate of drug-likeness (QED) is 0.748. The predicted octanol–water partition coefficient (Wildman–Crippen LogP) is 3.58. The number of para-hydroxylation sites is 1. The molecular formula is C16H23N3OS. The summed E-state index contributed by atoms with van der Waals surface area (Å²) < 4.78 is 0. The summed E-state index contributed by atoms with van der Waals surface area (Å²) >= 11 is 5.25. The van der Waals surface area contributed by atoms with Crippen LogP contribution in [-0.2, 0) is 0 Å². The lowest BCUT2D eigenvalue weighted by Gasteiger charge is -2.35. The van der Waals surface area contributed by atoms with E-state index < -0.39 is 5.54 Å². The Balaban J connectivity index is 2.04. The Morgan fingerprint density at radius 1 is 1.05 bits per heavy atom. The van der Waals surface area contributed by atoms with Gasteiger partial charge in [0.25, 0.3) is 0 Å². The molecule has 1 saturated carbocycles. The third-order valence-electron chi connectivity index (χ3n) is 4.06. The summed E-state index contributed by atoms with van der Waals surface area (Å²) in [5.41, 5.74) is 6.17. The molecule has 0 atom stereocenters. The number of thiocarbonyl (C=S) groups is 1. The fourth-order valence-corrected chi connectivity index (χ4v) is 3.10. The van der Waals surface area contributed by atoms with Crippen molar-refractivity contribution in [3.63, 3.8) is 0 Å². The Hall–Kier alpha value is -1.62. The minimum absolute atomic E-state index is 0.241. The van der Waals surface area contributed by atoms with Crippen molar-refractivity contribution < 1.29 is 4.79 Å². The number of nitrogens with one attached hydrogen (secondary N) is 2. The smallest absolute Gasteiger partial charge is 0.320 e. The van der Waals surface area contributed by atoms with Crippen molar-refractivity contribution in [2.45, 2.75) is 50.5 Å². The van der Waals surface area contributed by atoms with Gasteiger partial charge in [-0.15, -0.1) is 0 Å². The second kappa shape index (κ2) is 7.41. The number of amides is 2. The van der Waals surface area contributed by atoms with Crippen molar-refractivity contribution in [1.82, 2.24) is 5.32 Å². The van der Waals surface area contributed by atoms with Gasteiger partial charge in [0, 0.05) is 5.69 Å². The molecule has 2 amide bonds. The highest BCUT2D eigenvalue weighted by Gasteiger charge is 2.34. The molecule has 0 radical (unpaired) electrons. The van der Waals surface area contributed by atoms with Crippen LogP contribution in [0.2, 0.25) is 0 Å². The van der Waals surface area contributed by atoms with Crippen LogP contribution >= 0.6 is 12.2 Å². The maximum atomic E-state index is 12.3. The average Bonchev–Trinajstić information content (AvgIpc) is 2.42. The van der Waals surface area contributed by atoms with E-state index in [-0.39, 0.29) is 6.03 Å². The topological polar surface area (TPSA) is 67.1 Å². The Morgan fingerprint density at radius 2 is 1.62 bits per heavy atom. The van der Waals surface area contributed by atoms with E-state index >= 15 is 0 Å². The first-order valence-electron chi connectivity index (χ1n) is 7.56. The number of nitrogens with two attached hydrogens (primary N) is 1. The van der Waals surface area contributed by atoms with Gasteiger partial charge in [-0.1, -0.05) is 62.5 Å². The van der Waals surface area contributed by atoms with Crippen molar-refractivity contribution in [3.8, 4) is 0 Å². The SMILES string of the molecule is NC(=S)C1(NC(=O)Nc2ccccc2)CCCCCCC1. The molecule has 2 rings (SSSR count). The van der Waals surface area contributed by atoms with Gasteiger partial charge in [-0.05, 0) is 25.0 Å². The minimum Gasteiger partial charge on any atom is -0.391 e. The number of anilines is 1. The predicted molar refractivity (Wildman–Crippen MR) is 90.4 cm³/mol. The van der Waals surface area contributed by atoms with E-state index in [0.29, 0.717) is 4.99 Å². The van der Waals surface area contributed by atoms with E-state index in [1.807, 2.05) is 30.3 Å². The molecule has 1 aromatic rings. The standard InChI is InChI=1S/C16H23N3OS/c17-14(21)16(11-7-2-1-3-8-12-16)19-15(20)18-13-9-5-4-6-10-13/h4-6,9-10H,1-3,7-8,11-12H2,(H2,17,21)(H2,18,19,20). The number of benzene rings is 1. The van der Waals surface area contributed by atoms with E-state index in [4.69, 9.17) is 18.0 Å². The number of hydrogen-bond donors (Lipinski definition) is 3. The van der Waals surface area contributed by atoms with Gasteiger partial charge < -0.3 is 16.4 Å². The van der Waals surface area contributed by atoms with Gasteiger partial charge in [0.05, 0.1) is 10.5 Å². The lowest BCUT2D eigenvalue weighted by Crippen LogP contribution is -2.58. The maximum absolute atomic E-state index is 12.3. The third kappa shape index (κ3) is 4.43. The van der Waals surface area contributed by atoms with E-state index in [1.54, 1.807) is 0 Å². The Bertz CT molecular complexity index is 482. The minimum atomic E-state index is -0.547. The zero-order valence-corrected chi connectivity index (χ0v) is 13.0. The number of carbonyl (C=O) groups is 1. The van der Waals surface area contributed by atoms with Gasteiger partial charge in [0.2, 0.25) is 0 Å². The molecule has 0 unspecified atom stereocenters. The summed E-state index contributed by atoms with van der Waals surface area (Å²) in [6.45, 7) is 0. The lowest BCUT2D eigenvalue weighted by atomic mass is 9.84. The van der Waals surface area contributed by atoms with Gasteiger partial charge in [-0.25, -0.2) is 4.79 Å². The molecule has 1 fully saturated rings. The molecule has 5 heteroatoms. The molecule has 0 aromatic heterocycles. The van der Waals surface area contributed by atoms with Crippen LogP contribution in [0.25, 0.3) is 0 Å². The summed E-state index contributed by atoms with van der Waals surface area (Å²) in [6, 6.07) is 9.14. The van der Waals surface area contributed by atoms with Crippen molar-refractivity contribution in [1.29, 1.82) is 0 Å². The first-order valence-corrected chi connectivity index (χ1v) is 7.97. The van der Waals surface area contributed by atoms with Crippen LogP contribution in [-0.4, -0.2) is 16.6 Å². The number of rotatable bonds is 3. The summed E-state index contributed by atoms with van der Waals surface area (Å²) in [5, 5.41) is 5.87. The fraction of sp³-hybridized carbons (Fsp3) is 0.500. The first-order chi connectivity index (χ1) is 10.1. The zero-order chi connectivity index (χ0) is 15.1. The molecule has 0 bridgehead atoms. The molecule has 21 heavy (non-hydrogen) atoms. The normalized spacial score (nSPS) is 18.1. The molecule has 4 N–H and O–H groups in total. The number of urea groups is 1. The second-order valence-corrected chi connectivity index (χ2v) is 6.10. The van der Waals surface area contributed by atoms with Crippen LogP contribution in [0.1, 0.15) is 44.9 Å². The lowest BCUT2D eigenvalue weighted by molar-refractivity contribution is 0.239. The van der Waals surface area contributed by atoms with Crippen LogP contribution in [0.15, 0.2) is 30.3 Å². The van der Waals surface area contributed by atoms with E-state index in [1.165, 1.54) is 19.3 Å². The summed E-state index contributed by atoms with van der Waals surface area (Å²) in [6.07, 6.45) is 7.34. The zero-order valence-electron chi connectivity index (χ0n) is 12.2. The van der Waals surface area contributed by atoms with Gasteiger partial charge >= 0.3 is 6.03 Å². The number of carbonyl (C=O) groups excluding carboxylic acids is 1. The highest BCUT2D eigenvalue weighted by Crippen LogP contribution is 2.27. The first kappa shape index (κ1) is 15.8. The maximum Gasteiger partial charge on any atom is 0.320 e. The second-order valence-electron chi connectivity index (χ2n) is 5.66. The fourth-order valence-electron chi connectivity index (χ4n) is 2.84. The Kier molecular flexibility index (Phi) is 5.56. The summed E-state index contributed by atoms with van der Waals surface area (Å²) in [4.78, 5) is 12.6. The Morgan fingerprint density at radius 3 is 2.19 bits per heavy atom. The van der Waals surface area contributed by atoms with E-state index in [2.05, 4.69) is 10.6 Å². The van der Waals surface area contributed by atoms with E-state index in [9.17, 15) is 4.79 Å². The number of hydrogen-bond acceptors (Lipinski definition) is 2. The van der Waals surface area contributed by atoms with Crippen LogP contribution < -0.4 is 16.4 Å². The molecule has 0 heterocycles. The van der Waals surface area contributed by atoms with Crippen LogP contribution in [0.5, 0.6) is 0 Å². The molecule has 1 aliphatic rings. The molecule has 0 saturated heterocycles. The summed E-state index contributed by atoms with van der Waals surface area (Å²) in [5.74, 6) is 0. The molecule has 1 aliphatic carbocycles. The van der Waals surface area contributed by atoms with Crippen molar-refractivity contribution in [2.24, 2.45) is 5.73 Å². The molecule has 4 nitrogen and oxygen atoms in total. The van der Waals surface area contributed by atoms with Crippen molar-refractivity contribution >= 4 is 28.9 Å². The third-order valence-corrected chi connectivity index (χ3v) is 4.45. The monoisotopic (exact) mass is 305 g/mol. The average molecular weight is 305 g/mol. The van der Waals surface area contributed by atoms with Gasteiger partial charge in [-0.2, -0.15) is 0 Å². The van der Waals surface area contributed by atoms with Crippen LogP contribution in [0, 0.1) is 0 Å². The molecular weight excluding hydrogens is 282 g/mol. The van der Waals surface area contributed by atoms with Crippen LogP contribution in [0.3, 0.4) is 0 Å². The van der Waals surface area contributed by atoms with Crippen LogP contribution in [0.4, 0.5) is 10.5 Å². The highest BCUT2D eigenvalue weighted by molar-refractivity contribution is 7.80. The molecule has 0 spiro atoms. The van der Waals surface area contributed by atoms with Gasteiger partial charge in [0.1, 0.15) is 0 Å². The molecule has 1 aromatic carbocycles. The van der Waals surface area contributed by atoms with Gasteiger partial charge in [0.15, 0.2) is 0 Å². The van der Waals surface area contributed by atoms with E-state index in [0.717, 1.165) is 31.4 Å². The van der Waals surface area contributed by atoms with Gasteiger partial charge in [-0.3, -0.25) is 0 Å². The summed E-state index contributed by atoms with van der Waals surface area (Å²) in [7, 11) is 0. The molecule has 114 valence electrons. The largest absolute Gasteiger partial charge is 0.391 e. The Labute approximate surface area is 131 Å².